The van der Waals surface area contributed by atoms with E-state index in [4.69, 9.17) is 0 Å². The number of hydrogen-bond donors (Lipinski definition) is 1. The Morgan fingerprint density at radius 3 is 2.88 bits per heavy atom. The topological polar surface area (TPSA) is 58.9 Å². The number of nitrogens with one attached hydrogen (secondary N) is 1. The number of benzene rings is 1. The van der Waals surface area contributed by atoms with E-state index in [0.29, 0.717) is 6.04 Å². The lowest BCUT2D eigenvalue weighted by Crippen LogP contribution is -2.45. The third kappa shape index (κ3) is 3.88. The Labute approximate surface area is 151 Å². The summed E-state index contributed by atoms with van der Waals surface area (Å²) in [4.78, 5) is 2.27. The van der Waals surface area contributed by atoms with Crippen molar-refractivity contribution in [1.29, 1.82) is 0 Å². The summed E-state index contributed by atoms with van der Waals surface area (Å²) in [5.74, 6) is 0.691. The van der Waals surface area contributed by atoms with Crippen LogP contribution in [0.3, 0.4) is 0 Å². The Balaban J connectivity index is 1.35. The van der Waals surface area contributed by atoms with Gasteiger partial charge < -0.3 is 10.2 Å². The second-order valence-electron chi connectivity index (χ2n) is 6.52. The fourth-order valence-electron chi connectivity index (χ4n) is 3.26. The van der Waals surface area contributed by atoms with Gasteiger partial charge in [0, 0.05) is 43.6 Å². The minimum absolute atomic E-state index is 0.243. The van der Waals surface area contributed by atoms with E-state index in [0.717, 1.165) is 49.5 Å². The third-order valence-electron chi connectivity index (χ3n) is 4.63. The molecule has 26 heavy (non-hydrogen) atoms. The summed E-state index contributed by atoms with van der Waals surface area (Å²) in [6.45, 7) is 2.68. The number of rotatable bonds is 5. The Kier molecular flexibility index (Phi) is 4.88. The van der Waals surface area contributed by atoms with E-state index in [1.54, 1.807) is 23.0 Å². The number of halogens is 1. The SMILES string of the molecule is Fc1ccc(-n2cc(CNC3CCCN(c4cccnn4)C3)cn2)cc1. The van der Waals surface area contributed by atoms with Gasteiger partial charge in [0.25, 0.3) is 0 Å². The van der Waals surface area contributed by atoms with Gasteiger partial charge in [-0.05, 0) is 49.2 Å². The lowest BCUT2D eigenvalue weighted by Gasteiger charge is -2.33. The van der Waals surface area contributed by atoms with Crippen LogP contribution in [0.2, 0.25) is 0 Å². The maximum atomic E-state index is 13.0. The molecule has 7 heteroatoms. The molecular weight excluding hydrogens is 331 g/mol. The molecule has 3 heterocycles. The normalized spacial score (nSPS) is 17.4. The van der Waals surface area contributed by atoms with Crippen LogP contribution in [0.15, 0.2) is 55.0 Å². The molecule has 1 aliphatic heterocycles. The number of hydrogen-bond acceptors (Lipinski definition) is 5. The van der Waals surface area contributed by atoms with Crippen LogP contribution in [-0.2, 0) is 6.54 Å². The number of aromatic nitrogens is 4. The molecule has 0 amide bonds. The molecule has 1 aromatic carbocycles. The van der Waals surface area contributed by atoms with Crippen LogP contribution in [0.5, 0.6) is 0 Å². The molecule has 0 spiro atoms. The minimum atomic E-state index is -0.243. The van der Waals surface area contributed by atoms with Gasteiger partial charge in [-0.1, -0.05) is 0 Å². The standard InChI is InChI=1S/C19H21FN6/c20-16-5-7-18(8-6-16)26-13-15(12-23-26)11-21-17-3-2-10-25(14-17)19-4-1-9-22-24-19/h1,4-9,12-13,17,21H,2-3,10-11,14H2. The smallest absolute Gasteiger partial charge is 0.151 e. The molecule has 1 saturated heterocycles. The van der Waals surface area contributed by atoms with Gasteiger partial charge >= 0.3 is 0 Å². The van der Waals surface area contributed by atoms with E-state index in [-0.39, 0.29) is 5.82 Å². The van der Waals surface area contributed by atoms with Crippen molar-refractivity contribution in [3.63, 3.8) is 0 Å². The fraction of sp³-hybridized carbons (Fsp3) is 0.316. The van der Waals surface area contributed by atoms with Crippen molar-refractivity contribution in [2.75, 3.05) is 18.0 Å². The highest BCUT2D eigenvalue weighted by atomic mass is 19.1. The molecule has 1 unspecified atom stereocenters. The van der Waals surface area contributed by atoms with Gasteiger partial charge in [-0.2, -0.15) is 10.2 Å². The predicted octanol–water partition coefficient (Wildman–Crippen LogP) is 2.56. The molecule has 3 aromatic rings. The molecule has 1 atom stereocenters. The Morgan fingerprint density at radius 1 is 1.19 bits per heavy atom. The van der Waals surface area contributed by atoms with Crippen LogP contribution in [0.4, 0.5) is 10.2 Å². The largest absolute Gasteiger partial charge is 0.354 e. The van der Waals surface area contributed by atoms with E-state index < -0.39 is 0 Å². The summed E-state index contributed by atoms with van der Waals surface area (Å²) in [6.07, 6.45) is 7.79. The summed E-state index contributed by atoms with van der Waals surface area (Å²) in [5, 5.41) is 16.2. The average Bonchev–Trinajstić information content (AvgIpc) is 3.17. The number of nitrogens with zero attached hydrogens (tertiary/aromatic N) is 5. The van der Waals surface area contributed by atoms with Crippen molar-refractivity contribution in [2.24, 2.45) is 0 Å². The first-order valence-electron chi connectivity index (χ1n) is 8.83. The minimum Gasteiger partial charge on any atom is -0.354 e. The predicted molar refractivity (Wildman–Crippen MR) is 97.6 cm³/mol. The first-order valence-corrected chi connectivity index (χ1v) is 8.83. The molecule has 1 fully saturated rings. The number of piperidine rings is 1. The summed E-state index contributed by atoms with van der Waals surface area (Å²) in [6, 6.07) is 10.7. The summed E-state index contributed by atoms with van der Waals surface area (Å²) < 4.78 is 14.8. The lowest BCUT2D eigenvalue weighted by atomic mass is 10.1. The Morgan fingerprint density at radius 2 is 2.08 bits per heavy atom. The van der Waals surface area contributed by atoms with Crippen LogP contribution in [0.25, 0.3) is 5.69 Å². The fourth-order valence-corrected chi connectivity index (χ4v) is 3.26. The van der Waals surface area contributed by atoms with E-state index in [9.17, 15) is 4.39 Å². The summed E-state index contributed by atoms with van der Waals surface area (Å²) >= 11 is 0. The van der Waals surface area contributed by atoms with Crippen LogP contribution >= 0.6 is 0 Å². The van der Waals surface area contributed by atoms with E-state index in [2.05, 4.69) is 25.5 Å². The molecule has 6 nitrogen and oxygen atoms in total. The van der Waals surface area contributed by atoms with Crippen LogP contribution in [-0.4, -0.2) is 39.1 Å². The molecule has 0 aliphatic carbocycles. The molecule has 0 radical (unpaired) electrons. The molecule has 134 valence electrons. The van der Waals surface area contributed by atoms with Crippen LogP contribution in [0, 0.1) is 5.82 Å². The zero-order chi connectivity index (χ0) is 17.8. The van der Waals surface area contributed by atoms with Crippen molar-refractivity contribution < 1.29 is 4.39 Å². The number of anilines is 1. The third-order valence-corrected chi connectivity index (χ3v) is 4.63. The zero-order valence-corrected chi connectivity index (χ0v) is 14.4. The average molecular weight is 352 g/mol. The van der Waals surface area contributed by atoms with Gasteiger partial charge in [-0.15, -0.1) is 5.10 Å². The molecular formula is C19H21FN6. The van der Waals surface area contributed by atoms with E-state index in [1.807, 2.05) is 24.5 Å². The molecule has 0 saturated carbocycles. The molecule has 1 aliphatic rings. The molecule has 0 bridgehead atoms. The van der Waals surface area contributed by atoms with Crippen molar-refractivity contribution in [1.82, 2.24) is 25.3 Å². The van der Waals surface area contributed by atoms with Crippen molar-refractivity contribution in [2.45, 2.75) is 25.4 Å². The lowest BCUT2D eigenvalue weighted by molar-refractivity contribution is 0.419. The van der Waals surface area contributed by atoms with Gasteiger partial charge in [-0.3, -0.25) is 0 Å². The van der Waals surface area contributed by atoms with Crippen LogP contribution < -0.4 is 10.2 Å². The first-order chi connectivity index (χ1) is 12.8. The van der Waals surface area contributed by atoms with Gasteiger partial charge in [0.1, 0.15) is 5.82 Å². The van der Waals surface area contributed by atoms with Gasteiger partial charge in [0.05, 0.1) is 11.9 Å². The van der Waals surface area contributed by atoms with Gasteiger partial charge in [-0.25, -0.2) is 9.07 Å². The Hall–Kier alpha value is -2.80. The van der Waals surface area contributed by atoms with Crippen molar-refractivity contribution >= 4 is 5.82 Å². The molecule has 1 N–H and O–H groups in total. The molecule has 2 aromatic heterocycles. The maximum Gasteiger partial charge on any atom is 0.151 e. The summed E-state index contributed by atoms with van der Waals surface area (Å²) in [5.41, 5.74) is 1.95. The second-order valence-corrected chi connectivity index (χ2v) is 6.52. The summed E-state index contributed by atoms with van der Waals surface area (Å²) in [7, 11) is 0. The maximum absolute atomic E-state index is 13.0. The van der Waals surface area contributed by atoms with Crippen LogP contribution in [0.1, 0.15) is 18.4 Å². The molecule has 4 rings (SSSR count). The van der Waals surface area contributed by atoms with E-state index in [1.165, 1.54) is 12.1 Å². The zero-order valence-electron chi connectivity index (χ0n) is 14.4. The first kappa shape index (κ1) is 16.7. The van der Waals surface area contributed by atoms with E-state index >= 15 is 0 Å². The Bertz CT molecular complexity index is 833. The highest BCUT2D eigenvalue weighted by molar-refractivity contribution is 5.37. The quantitative estimate of drug-likeness (QED) is 0.765. The monoisotopic (exact) mass is 352 g/mol. The highest BCUT2D eigenvalue weighted by Crippen LogP contribution is 2.17. The van der Waals surface area contributed by atoms with Crippen molar-refractivity contribution in [3.05, 3.63) is 66.4 Å². The highest BCUT2D eigenvalue weighted by Gasteiger charge is 2.20. The van der Waals surface area contributed by atoms with Crippen molar-refractivity contribution in [3.8, 4) is 5.69 Å². The van der Waals surface area contributed by atoms with Gasteiger partial charge in [0.15, 0.2) is 5.82 Å². The van der Waals surface area contributed by atoms with Gasteiger partial charge in [0.2, 0.25) is 0 Å². The second kappa shape index (κ2) is 7.61.